The highest BCUT2D eigenvalue weighted by molar-refractivity contribution is 7.99. The number of methoxy groups -OCH3 is 1. The van der Waals surface area contributed by atoms with Crippen LogP contribution in [0.4, 0.5) is 0 Å². The number of aromatic nitrogens is 3. The number of rotatable bonds is 4. The number of fused-ring (bicyclic) bond motifs is 1. The van der Waals surface area contributed by atoms with Gasteiger partial charge in [0.05, 0.1) is 23.8 Å². The van der Waals surface area contributed by atoms with Crippen LogP contribution in [0.1, 0.15) is 5.69 Å². The molecule has 3 N–H and O–H groups in total. The van der Waals surface area contributed by atoms with Crippen LogP contribution in [0.3, 0.4) is 0 Å². The fourth-order valence-corrected chi connectivity index (χ4v) is 2.61. The molecule has 0 fully saturated rings. The highest BCUT2D eigenvalue weighted by Crippen LogP contribution is 2.28. The molecule has 5 nitrogen and oxygen atoms in total. The van der Waals surface area contributed by atoms with Crippen molar-refractivity contribution in [1.29, 1.82) is 0 Å². The van der Waals surface area contributed by atoms with Gasteiger partial charge in [0.2, 0.25) is 0 Å². The van der Waals surface area contributed by atoms with E-state index in [1.807, 2.05) is 30.3 Å². The molecule has 0 aliphatic rings. The molecule has 0 aliphatic carbocycles. The Hall–Kier alpha value is -2.05. The summed E-state index contributed by atoms with van der Waals surface area (Å²) in [4.78, 5) is 13.1. The Balaban J connectivity index is 1.86. The number of nitrogens with two attached hydrogens (primary N) is 1. The first-order chi connectivity index (χ1) is 9.78. The summed E-state index contributed by atoms with van der Waals surface area (Å²) in [6, 6.07) is 9.68. The van der Waals surface area contributed by atoms with E-state index in [0.29, 0.717) is 6.54 Å². The minimum Gasteiger partial charge on any atom is -0.497 e. The number of hydrogen-bond donors (Lipinski definition) is 2. The number of hydrogen-bond acceptors (Lipinski definition) is 5. The Bertz CT molecular complexity index is 724. The van der Waals surface area contributed by atoms with Gasteiger partial charge in [0.25, 0.3) is 0 Å². The third-order valence-corrected chi connectivity index (χ3v) is 3.75. The van der Waals surface area contributed by atoms with E-state index in [0.717, 1.165) is 32.5 Å². The van der Waals surface area contributed by atoms with Gasteiger partial charge >= 0.3 is 0 Å². The Morgan fingerprint density at radius 3 is 2.90 bits per heavy atom. The van der Waals surface area contributed by atoms with E-state index in [-0.39, 0.29) is 0 Å². The molecule has 0 spiro atoms. The average Bonchev–Trinajstić information content (AvgIpc) is 2.89. The van der Waals surface area contributed by atoms with Gasteiger partial charge in [-0.15, -0.1) is 0 Å². The normalized spacial score (nSPS) is 10.9. The van der Waals surface area contributed by atoms with Gasteiger partial charge in [0, 0.05) is 23.7 Å². The van der Waals surface area contributed by atoms with Crippen LogP contribution in [0.25, 0.3) is 11.0 Å². The first kappa shape index (κ1) is 13.0. The molecule has 2 aromatic heterocycles. The van der Waals surface area contributed by atoms with Crippen molar-refractivity contribution >= 4 is 22.8 Å². The fourth-order valence-electron chi connectivity index (χ4n) is 1.84. The van der Waals surface area contributed by atoms with Gasteiger partial charge in [-0.3, -0.25) is 4.98 Å². The SMILES string of the molecule is COc1ccc2nc(Sc3ccc(CN)nc3)[nH]c2c1. The van der Waals surface area contributed by atoms with E-state index in [1.165, 1.54) is 11.8 Å². The van der Waals surface area contributed by atoms with E-state index in [4.69, 9.17) is 10.5 Å². The predicted octanol–water partition coefficient (Wildman–Crippen LogP) is 2.58. The van der Waals surface area contributed by atoms with Crippen LogP contribution in [0, 0.1) is 0 Å². The van der Waals surface area contributed by atoms with Crippen molar-refractivity contribution in [1.82, 2.24) is 15.0 Å². The zero-order valence-electron chi connectivity index (χ0n) is 11.0. The van der Waals surface area contributed by atoms with Crippen molar-refractivity contribution in [3.05, 3.63) is 42.2 Å². The summed E-state index contributed by atoms with van der Waals surface area (Å²) in [5, 5.41) is 0.829. The van der Waals surface area contributed by atoms with E-state index >= 15 is 0 Å². The standard InChI is InChI=1S/C14H14N4OS/c1-19-10-3-5-12-13(6-10)18-14(17-12)20-11-4-2-9(7-15)16-8-11/h2-6,8H,7,15H2,1H3,(H,17,18). The largest absolute Gasteiger partial charge is 0.497 e. The summed E-state index contributed by atoms with van der Waals surface area (Å²) in [6.45, 7) is 0.454. The van der Waals surface area contributed by atoms with Crippen LogP contribution in [-0.2, 0) is 6.54 Å². The van der Waals surface area contributed by atoms with Crippen LogP contribution < -0.4 is 10.5 Å². The number of aromatic amines is 1. The predicted molar refractivity (Wildman–Crippen MR) is 78.9 cm³/mol. The second-order valence-electron chi connectivity index (χ2n) is 4.22. The van der Waals surface area contributed by atoms with Gasteiger partial charge in [-0.25, -0.2) is 4.98 Å². The Morgan fingerprint density at radius 1 is 1.30 bits per heavy atom. The molecule has 102 valence electrons. The third kappa shape index (κ3) is 2.61. The summed E-state index contributed by atoms with van der Waals surface area (Å²) in [6.07, 6.45) is 1.81. The molecular weight excluding hydrogens is 272 g/mol. The topological polar surface area (TPSA) is 76.8 Å². The molecule has 1 aromatic carbocycles. The molecule has 6 heteroatoms. The Kier molecular flexibility index (Phi) is 3.58. The summed E-state index contributed by atoms with van der Waals surface area (Å²) >= 11 is 1.54. The molecule has 0 bridgehead atoms. The maximum atomic E-state index is 5.53. The second kappa shape index (κ2) is 5.52. The zero-order valence-corrected chi connectivity index (χ0v) is 11.8. The minimum atomic E-state index is 0.454. The maximum absolute atomic E-state index is 5.53. The smallest absolute Gasteiger partial charge is 0.171 e. The number of benzene rings is 1. The Labute approximate surface area is 120 Å². The molecule has 0 amide bonds. The number of ether oxygens (including phenoxy) is 1. The third-order valence-electron chi connectivity index (χ3n) is 2.89. The van der Waals surface area contributed by atoms with Crippen molar-refractivity contribution in [2.45, 2.75) is 16.6 Å². The summed E-state index contributed by atoms with van der Waals surface area (Å²) in [5.74, 6) is 0.812. The number of nitrogens with zero attached hydrogens (tertiary/aromatic N) is 2. The minimum absolute atomic E-state index is 0.454. The average molecular weight is 286 g/mol. The summed E-state index contributed by atoms with van der Waals surface area (Å²) < 4.78 is 5.20. The highest BCUT2D eigenvalue weighted by Gasteiger charge is 2.06. The molecule has 0 aliphatic heterocycles. The zero-order chi connectivity index (χ0) is 13.9. The first-order valence-corrected chi connectivity index (χ1v) is 6.97. The molecule has 0 unspecified atom stereocenters. The van der Waals surface area contributed by atoms with Gasteiger partial charge < -0.3 is 15.5 Å². The molecule has 0 saturated heterocycles. The second-order valence-corrected chi connectivity index (χ2v) is 5.28. The van der Waals surface area contributed by atoms with Crippen molar-refractivity contribution in [2.24, 2.45) is 5.73 Å². The quantitative estimate of drug-likeness (QED) is 0.771. The molecule has 3 rings (SSSR count). The van der Waals surface area contributed by atoms with Crippen LogP contribution in [0.15, 0.2) is 46.6 Å². The molecule has 3 aromatic rings. The monoisotopic (exact) mass is 286 g/mol. The number of H-pyrrole nitrogens is 1. The number of pyridine rings is 1. The molecule has 0 atom stereocenters. The lowest BCUT2D eigenvalue weighted by Gasteiger charge is -1.99. The van der Waals surface area contributed by atoms with E-state index < -0.39 is 0 Å². The van der Waals surface area contributed by atoms with Gasteiger partial charge in [-0.05, 0) is 24.3 Å². The van der Waals surface area contributed by atoms with Gasteiger partial charge in [0.15, 0.2) is 5.16 Å². The summed E-state index contributed by atoms with van der Waals surface area (Å²) in [5.41, 5.74) is 8.28. The van der Waals surface area contributed by atoms with Gasteiger partial charge in [-0.2, -0.15) is 0 Å². The van der Waals surface area contributed by atoms with E-state index in [9.17, 15) is 0 Å². The van der Waals surface area contributed by atoms with Gasteiger partial charge in [-0.1, -0.05) is 11.8 Å². The fraction of sp³-hybridized carbons (Fsp3) is 0.143. The van der Waals surface area contributed by atoms with Crippen molar-refractivity contribution in [2.75, 3.05) is 7.11 Å². The van der Waals surface area contributed by atoms with Crippen molar-refractivity contribution in [3.8, 4) is 5.75 Å². The molecule has 2 heterocycles. The van der Waals surface area contributed by atoms with Crippen molar-refractivity contribution < 1.29 is 4.74 Å². The Morgan fingerprint density at radius 2 is 2.20 bits per heavy atom. The summed E-state index contributed by atoms with van der Waals surface area (Å²) in [7, 11) is 1.65. The molecular formula is C14H14N4OS. The lowest BCUT2D eigenvalue weighted by Crippen LogP contribution is -1.98. The van der Waals surface area contributed by atoms with Crippen LogP contribution in [-0.4, -0.2) is 22.1 Å². The number of imidazole rings is 1. The lowest BCUT2D eigenvalue weighted by molar-refractivity contribution is 0.415. The van der Waals surface area contributed by atoms with Crippen molar-refractivity contribution in [3.63, 3.8) is 0 Å². The van der Waals surface area contributed by atoms with E-state index in [1.54, 1.807) is 13.3 Å². The lowest BCUT2D eigenvalue weighted by atomic mass is 10.3. The molecule has 0 saturated carbocycles. The van der Waals surface area contributed by atoms with Crippen LogP contribution in [0.2, 0.25) is 0 Å². The van der Waals surface area contributed by atoms with Gasteiger partial charge in [0.1, 0.15) is 5.75 Å². The van der Waals surface area contributed by atoms with E-state index in [2.05, 4.69) is 15.0 Å². The number of nitrogens with one attached hydrogen (secondary N) is 1. The maximum Gasteiger partial charge on any atom is 0.171 e. The van der Waals surface area contributed by atoms with Crippen LogP contribution in [0.5, 0.6) is 5.75 Å². The highest BCUT2D eigenvalue weighted by atomic mass is 32.2. The first-order valence-electron chi connectivity index (χ1n) is 6.15. The molecule has 0 radical (unpaired) electrons. The molecule has 20 heavy (non-hydrogen) atoms. The van der Waals surface area contributed by atoms with Crippen LogP contribution >= 0.6 is 11.8 Å².